The van der Waals surface area contributed by atoms with E-state index >= 15 is 0 Å². The van der Waals surface area contributed by atoms with E-state index in [1.807, 2.05) is 12.1 Å². The molecule has 1 aromatic rings. The van der Waals surface area contributed by atoms with Gasteiger partial charge in [0.05, 0.1) is 6.61 Å². The molecule has 0 saturated carbocycles. The van der Waals surface area contributed by atoms with Gasteiger partial charge in [-0.1, -0.05) is 32.9 Å². The van der Waals surface area contributed by atoms with Crippen molar-refractivity contribution in [3.63, 3.8) is 0 Å². The molecule has 0 aromatic heterocycles. The third kappa shape index (κ3) is 2.93. The second-order valence-electron chi connectivity index (χ2n) is 6.63. The standard InChI is InChI=1S/C15H22O2/c1-14(2,3)10-16-12-8-6-7-11-9-15(4,5)17-13(11)12/h6-8H,9-10H2,1-5H3. The summed E-state index contributed by atoms with van der Waals surface area (Å²) in [6.45, 7) is 11.4. The molecule has 0 bridgehead atoms. The molecular weight excluding hydrogens is 212 g/mol. The quantitative estimate of drug-likeness (QED) is 0.774. The second kappa shape index (κ2) is 3.94. The highest BCUT2D eigenvalue weighted by molar-refractivity contribution is 5.50. The van der Waals surface area contributed by atoms with Gasteiger partial charge in [-0.3, -0.25) is 0 Å². The predicted molar refractivity (Wildman–Crippen MR) is 69.8 cm³/mol. The smallest absolute Gasteiger partial charge is 0.165 e. The molecule has 0 N–H and O–H groups in total. The SMILES string of the molecule is CC(C)(C)COc1cccc2c1OC(C)(C)C2. The van der Waals surface area contributed by atoms with Crippen molar-refractivity contribution in [1.29, 1.82) is 0 Å². The van der Waals surface area contributed by atoms with Gasteiger partial charge in [0.25, 0.3) is 0 Å². The summed E-state index contributed by atoms with van der Waals surface area (Å²) in [4.78, 5) is 0. The van der Waals surface area contributed by atoms with Crippen LogP contribution in [0.2, 0.25) is 0 Å². The molecule has 0 unspecified atom stereocenters. The fraction of sp³-hybridized carbons (Fsp3) is 0.600. The van der Waals surface area contributed by atoms with Crippen LogP contribution in [0.25, 0.3) is 0 Å². The molecule has 0 aliphatic carbocycles. The van der Waals surface area contributed by atoms with Gasteiger partial charge in [0.15, 0.2) is 11.5 Å². The molecular formula is C15H22O2. The summed E-state index contributed by atoms with van der Waals surface area (Å²) in [6.07, 6.45) is 0.953. The Morgan fingerprint density at radius 3 is 2.65 bits per heavy atom. The number of benzene rings is 1. The highest BCUT2D eigenvalue weighted by Crippen LogP contribution is 2.42. The molecule has 2 nitrogen and oxygen atoms in total. The fourth-order valence-corrected chi connectivity index (χ4v) is 2.00. The molecule has 0 amide bonds. The zero-order valence-corrected chi connectivity index (χ0v) is 11.5. The summed E-state index contributed by atoms with van der Waals surface area (Å²) >= 11 is 0. The Morgan fingerprint density at radius 1 is 1.29 bits per heavy atom. The first-order valence-corrected chi connectivity index (χ1v) is 6.21. The average Bonchev–Trinajstić information content (AvgIpc) is 2.47. The molecule has 2 rings (SSSR count). The minimum atomic E-state index is -0.108. The van der Waals surface area contributed by atoms with E-state index in [1.165, 1.54) is 5.56 Å². The van der Waals surface area contributed by atoms with Crippen LogP contribution in [0, 0.1) is 5.41 Å². The zero-order chi connectivity index (χ0) is 12.7. The maximum atomic E-state index is 5.97. The lowest BCUT2D eigenvalue weighted by atomic mass is 9.98. The van der Waals surface area contributed by atoms with E-state index in [-0.39, 0.29) is 11.0 Å². The summed E-state index contributed by atoms with van der Waals surface area (Å²) < 4.78 is 11.8. The monoisotopic (exact) mass is 234 g/mol. The van der Waals surface area contributed by atoms with Gasteiger partial charge in [-0.2, -0.15) is 0 Å². The van der Waals surface area contributed by atoms with Crippen molar-refractivity contribution in [3.05, 3.63) is 23.8 Å². The minimum absolute atomic E-state index is 0.108. The molecule has 0 spiro atoms. The van der Waals surface area contributed by atoms with Crippen LogP contribution in [0.15, 0.2) is 18.2 Å². The van der Waals surface area contributed by atoms with Crippen molar-refractivity contribution >= 4 is 0 Å². The van der Waals surface area contributed by atoms with Gasteiger partial charge in [0.1, 0.15) is 5.60 Å². The molecule has 94 valence electrons. The summed E-state index contributed by atoms with van der Waals surface area (Å²) in [6, 6.07) is 6.15. The number of ether oxygens (including phenoxy) is 2. The number of para-hydroxylation sites is 1. The maximum Gasteiger partial charge on any atom is 0.165 e. The maximum absolute atomic E-state index is 5.97. The van der Waals surface area contributed by atoms with Crippen LogP contribution in [0.1, 0.15) is 40.2 Å². The third-order valence-corrected chi connectivity index (χ3v) is 2.72. The van der Waals surface area contributed by atoms with E-state index in [2.05, 4.69) is 40.7 Å². The Bertz CT molecular complexity index is 413. The van der Waals surface area contributed by atoms with Crippen LogP contribution in [-0.4, -0.2) is 12.2 Å². The third-order valence-electron chi connectivity index (χ3n) is 2.72. The van der Waals surface area contributed by atoms with Crippen LogP contribution in [0.3, 0.4) is 0 Å². The summed E-state index contributed by atoms with van der Waals surface area (Å²) in [5, 5.41) is 0. The number of hydrogen-bond acceptors (Lipinski definition) is 2. The van der Waals surface area contributed by atoms with Crippen LogP contribution < -0.4 is 9.47 Å². The molecule has 0 atom stereocenters. The van der Waals surface area contributed by atoms with Crippen LogP contribution in [0.4, 0.5) is 0 Å². The lowest BCUT2D eigenvalue weighted by Crippen LogP contribution is -2.25. The minimum Gasteiger partial charge on any atom is -0.489 e. The Kier molecular flexibility index (Phi) is 2.84. The van der Waals surface area contributed by atoms with Crippen molar-refractivity contribution < 1.29 is 9.47 Å². The highest BCUT2D eigenvalue weighted by Gasteiger charge is 2.32. The van der Waals surface area contributed by atoms with Gasteiger partial charge in [-0.15, -0.1) is 0 Å². The van der Waals surface area contributed by atoms with E-state index in [0.717, 1.165) is 17.9 Å². The average molecular weight is 234 g/mol. The Balaban J connectivity index is 2.19. The number of fused-ring (bicyclic) bond motifs is 1. The van der Waals surface area contributed by atoms with Gasteiger partial charge in [-0.25, -0.2) is 0 Å². The van der Waals surface area contributed by atoms with Gasteiger partial charge in [0, 0.05) is 12.0 Å². The normalized spacial score (nSPS) is 17.5. The summed E-state index contributed by atoms with van der Waals surface area (Å²) in [5.41, 5.74) is 1.31. The van der Waals surface area contributed by atoms with E-state index in [1.54, 1.807) is 0 Å². The van der Waals surface area contributed by atoms with Crippen LogP contribution in [-0.2, 0) is 6.42 Å². The van der Waals surface area contributed by atoms with Gasteiger partial charge in [0.2, 0.25) is 0 Å². The van der Waals surface area contributed by atoms with E-state index in [0.29, 0.717) is 6.61 Å². The lowest BCUT2D eigenvalue weighted by molar-refractivity contribution is 0.126. The van der Waals surface area contributed by atoms with Gasteiger partial charge < -0.3 is 9.47 Å². The Morgan fingerprint density at radius 2 is 2.00 bits per heavy atom. The predicted octanol–water partition coefficient (Wildman–Crippen LogP) is 3.83. The Labute approximate surface area is 104 Å². The Hall–Kier alpha value is -1.18. The highest BCUT2D eigenvalue weighted by atomic mass is 16.5. The van der Waals surface area contributed by atoms with Crippen molar-refractivity contribution in [2.45, 2.75) is 46.6 Å². The van der Waals surface area contributed by atoms with Crippen molar-refractivity contribution in [2.75, 3.05) is 6.61 Å². The first-order valence-electron chi connectivity index (χ1n) is 6.21. The molecule has 17 heavy (non-hydrogen) atoms. The first kappa shape index (κ1) is 12.3. The largest absolute Gasteiger partial charge is 0.489 e. The zero-order valence-electron chi connectivity index (χ0n) is 11.5. The number of hydrogen-bond donors (Lipinski definition) is 0. The topological polar surface area (TPSA) is 18.5 Å². The number of rotatable bonds is 2. The first-order chi connectivity index (χ1) is 7.77. The molecule has 1 heterocycles. The molecule has 1 aromatic carbocycles. The van der Waals surface area contributed by atoms with Crippen LogP contribution >= 0.6 is 0 Å². The molecule has 1 aliphatic rings. The molecule has 0 fully saturated rings. The van der Waals surface area contributed by atoms with Crippen molar-refractivity contribution in [3.8, 4) is 11.5 Å². The van der Waals surface area contributed by atoms with Gasteiger partial charge >= 0.3 is 0 Å². The second-order valence-corrected chi connectivity index (χ2v) is 6.63. The van der Waals surface area contributed by atoms with E-state index in [9.17, 15) is 0 Å². The van der Waals surface area contributed by atoms with Crippen molar-refractivity contribution in [2.24, 2.45) is 5.41 Å². The molecule has 0 radical (unpaired) electrons. The lowest BCUT2D eigenvalue weighted by Gasteiger charge is -2.21. The van der Waals surface area contributed by atoms with Gasteiger partial charge in [-0.05, 0) is 25.3 Å². The van der Waals surface area contributed by atoms with E-state index in [4.69, 9.17) is 9.47 Å². The molecule has 1 aliphatic heterocycles. The van der Waals surface area contributed by atoms with Crippen molar-refractivity contribution in [1.82, 2.24) is 0 Å². The fourth-order valence-electron chi connectivity index (χ4n) is 2.00. The summed E-state index contributed by atoms with van der Waals surface area (Å²) in [7, 11) is 0. The van der Waals surface area contributed by atoms with Crippen LogP contribution in [0.5, 0.6) is 11.5 Å². The van der Waals surface area contributed by atoms with E-state index < -0.39 is 0 Å². The molecule has 0 saturated heterocycles. The molecule has 2 heteroatoms. The summed E-state index contributed by atoms with van der Waals surface area (Å²) in [5.74, 6) is 1.81.